The largest absolute Gasteiger partial charge is 0.454 e. The molecule has 1 nitrogen and oxygen atoms in total. The zero-order chi connectivity index (χ0) is 14.9. The van der Waals surface area contributed by atoms with Crippen molar-refractivity contribution in [2.45, 2.75) is 26.7 Å². The zero-order valence-electron chi connectivity index (χ0n) is 11.5. The molecule has 0 aliphatic carbocycles. The Morgan fingerprint density at radius 3 is 2.20 bits per heavy atom. The van der Waals surface area contributed by atoms with Crippen molar-refractivity contribution in [1.82, 2.24) is 0 Å². The van der Waals surface area contributed by atoms with Gasteiger partial charge in [0.15, 0.2) is 5.75 Å². The van der Waals surface area contributed by atoms with E-state index in [1.807, 2.05) is 18.2 Å². The topological polar surface area (TPSA) is 9.23 Å². The minimum absolute atomic E-state index is 0.439. The minimum Gasteiger partial charge on any atom is -0.454 e. The standard InChI is InChI=1S/C16H15BrCl2O/c1-9(2)13-8-12(5-4-10(13)3)20-16-14(18)6-11(17)7-15(16)19/h4-9H,1-3H3. The van der Waals surface area contributed by atoms with Gasteiger partial charge >= 0.3 is 0 Å². The van der Waals surface area contributed by atoms with Crippen molar-refractivity contribution in [2.24, 2.45) is 0 Å². The average Bonchev–Trinajstić information content (AvgIpc) is 2.35. The van der Waals surface area contributed by atoms with E-state index in [0.717, 1.165) is 10.2 Å². The molecule has 0 aromatic heterocycles. The van der Waals surface area contributed by atoms with Crippen LogP contribution in [-0.2, 0) is 0 Å². The second-order valence-electron chi connectivity index (χ2n) is 4.97. The van der Waals surface area contributed by atoms with Crippen molar-refractivity contribution in [3.63, 3.8) is 0 Å². The predicted molar refractivity (Wildman–Crippen MR) is 89.5 cm³/mol. The summed E-state index contributed by atoms with van der Waals surface area (Å²) in [6.07, 6.45) is 0. The smallest absolute Gasteiger partial charge is 0.164 e. The van der Waals surface area contributed by atoms with Gasteiger partial charge < -0.3 is 4.74 Å². The van der Waals surface area contributed by atoms with Crippen LogP contribution in [0.5, 0.6) is 11.5 Å². The molecular weight excluding hydrogens is 359 g/mol. The maximum atomic E-state index is 6.18. The summed E-state index contributed by atoms with van der Waals surface area (Å²) in [6, 6.07) is 9.54. The molecule has 0 spiro atoms. The van der Waals surface area contributed by atoms with Crippen LogP contribution in [-0.4, -0.2) is 0 Å². The highest BCUT2D eigenvalue weighted by Gasteiger charge is 2.12. The maximum absolute atomic E-state index is 6.18. The first-order valence-corrected chi connectivity index (χ1v) is 7.86. The fourth-order valence-corrected chi connectivity index (χ4v) is 3.33. The lowest BCUT2D eigenvalue weighted by Gasteiger charge is -2.14. The quantitative estimate of drug-likeness (QED) is 0.563. The molecule has 0 saturated heterocycles. The molecule has 4 heteroatoms. The molecule has 0 aliphatic rings. The van der Waals surface area contributed by atoms with Crippen LogP contribution >= 0.6 is 39.1 Å². The van der Waals surface area contributed by atoms with Crippen molar-refractivity contribution >= 4 is 39.1 Å². The van der Waals surface area contributed by atoms with Gasteiger partial charge in [0.1, 0.15) is 5.75 Å². The molecule has 20 heavy (non-hydrogen) atoms. The third kappa shape index (κ3) is 3.49. The summed E-state index contributed by atoms with van der Waals surface area (Å²) < 4.78 is 6.68. The molecule has 0 fully saturated rings. The summed E-state index contributed by atoms with van der Waals surface area (Å²) in [5, 5.41) is 0.965. The molecule has 0 heterocycles. The summed E-state index contributed by atoms with van der Waals surface area (Å²) in [5.74, 6) is 1.66. The number of halogens is 3. The highest BCUT2D eigenvalue weighted by molar-refractivity contribution is 9.10. The number of hydrogen-bond acceptors (Lipinski definition) is 1. The lowest BCUT2D eigenvalue weighted by molar-refractivity contribution is 0.481. The third-order valence-electron chi connectivity index (χ3n) is 3.06. The van der Waals surface area contributed by atoms with Crippen LogP contribution in [0.3, 0.4) is 0 Å². The normalized spacial score (nSPS) is 10.9. The number of aryl methyl sites for hydroxylation is 1. The Morgan fingerprint density at radius 1 is 1.05 bits per heavy atom. The van der Waals surface area contributed by atoms with Gasteiger partial charge in [-0.25, -0.2) is 0 Å². The maximum Gasteiger partial charge on any atom is 0.164 e. The first kappa shape index (κ1) is 15.7. The van der Waals surface area contributed by atoms with E-state index in [0.29, 0.717) is 21.7 Å². The van der Waals surface area contributed by atoms with Crippen LogP contribution in [0.1, 0.15) is 30.9 Å². The Hall–Kier alpha value is -0.700. The molecule has 106 valence electrons. The van der Waals surface area contributed by atoms with Crippen LogP contribution in [0.4, 0.5) is 0 Å². The Balaban J connectivity index is 2.38. The van der Waals surface area contributed by atoms with Gasteiger partial charge in [-0.3, -0.25) is 0 Å². The van der Waals surface area contributed by atoms with Gasteiger partial charge in [0.05, 0.1) is 10.0 Å². The Morgan fingerprint density at radius 2 is 1.65 bits per heavy atom. The zero-order valence-corrected chi connectivity index (χ0v) is 14.6. The number of hydrogen-bond donors (Lipinski definition) is 0. The van der Waals surface area contributed by atoms with E-state index in [2.05, 4.69) is 36.7 Å². The lowest BCUT2D eigenvalue weighted by Crippen LogP contribution is -1.94. The molecule has 2 aromatic rings. The van der Waals surface area contributed by atoms with E-state index >= 15 is 0 Å². The van der Waals surface area contributed by atoms with E-state index in [4.69, 9.17) is 27.9 Å². The first-order valence-electron chi connectivity index (χ1n) is 6.31. The lowest BCUT2D eigenvalue weighted by atomic mass is 9.98. The summed E-state index contributed by atoms with van der Waals surface area (Å²) in [7, 11) is 0. The van der Waals surface area contributed by atoms with E-state index in [1.165, 1.54) is 11.1 Å². The van der Waals surface area contributed by atoms with Crippen LogP contribution in [0.2, 0.25) is 10.0 Å². The van der Waals surface area contributed by atoms with Crippen molar-refractivity contribution in [3.8, 4) is 11.5 Å². The molecule has 0 unspecified atom stereocenters. The van der Waals surface area contributed by atoms with Gasteiger partial charge in [-0.2, -0.15) is 0 Å². The van der Waals surface area contributed by atoms with E-state index in [9.17, 15) is 0 Å². The number of benzene rings is 2. The minimum atomic E-state index is 0.439. The van der Waals surface area contributed by atoms with Crippen molar-refractivity contribution in [1.29, 1.82) is 0 Å². The summed E-state index contributed by atoms with van der Waals surface area (Å²) in [6.45, 7) is 6.41. The fraction of sp³-hybridized carbons (Fsp3) is 0.250. The third-order valence-corrected chi connectivity index (χ3v) is 4.08. The Labute approximate surface area is 138 Å². The highest BCUT2D eigenvalue weighted by atomic mass is 79.9. The fourth-order valence-electron chi connectivity index (χ4n) is 2.05. The second-order valence-corrected chi connectivity index (χ2v) is 6.70. The molecule has 0 aliphatic heterocycles. The number of ether oxygens (including phenoxy) is 1. The Kier molecular flexibility index (Phi) is 5.00. The van der Waals surface area contributed by atoms with E-state index in [-0.39, 0.29) is 0 Å². The van der Waals surface area contributed by atoms with Gasteiger partial charge in [0.25, 0.3) is 0 Å². The van der Waals surface area contributed by atoms with Crippen molar-refractivity contribution in [2.75, 3.05) is 0 Å². The summed E-state index contributed by atoms with van der Waals surface area (Å²) >= 11 is 15.7. The van der Waals surface area contributed by atoms with Gasteiger partial charge in [0, 0.05) is 4.47 Å². The molecule has 0 bridgehead atoms. The predicted octanol–water partition coefficient (Wildman–Crippen LogP) is 6.98. The van der Waals surface area contributed by atoms with Crippen molar-refractivity contribution in [3.05, 3.63) is 56.0 Å². The van der Waals surface area contributed by atoms with Gasteiger partial charge in [0.2, 0.25) is 0 Å². The second kappa shape index (κ2) is 6.38. The summed E-state index contributed by atoms with van der Waals surface area (Å²) in [5.41, 5.74) is 2.51. The average molecular weight is 374 g/mol. The van der Waals surface area contributed by atoms with Gasteiger partial charge in [-0.15, -0.1) is 0 Å². The number of rotatable bonds is 3. The highest BCUT2D eigenvalue weighted by Crippen LogP contribution is 2.39. The summed E-state index contributed by atoms with van der Waals surface area (Å²) in [4.78, 5) is 0. The van der Waals surface area contributed by atoms with E-state index in [1.54, 1.807) is 12.1 Å². The molecular formula is C16H15BrCl2O. The molecule has 2 rings (SSSR count). The van der Waals surface area contributed by atoms with Crippen molar-refractivity contribution < 1.29 is 4.74 Å². The molecule has 2 aromatic carbocycles. The monoisotopic (exact) mass is 372 g/mol. The molecule has 0 radical (unpaired) electrons. The van der Waals surface area contributed by atoms with Gasteiger partial charge in [-0.1, -0.05) is 59.0 Å². The van der Waals surface area contributed by atoms with Crippen LogP contribution in [0, 0.1) is 6.92 Å². The molecule has 0 saturated carbocycles. The molecule has 0 amide bonds. The first-order chi connectivity index (χ1) is 9.38. The molecule has 0 atom stereocenters. The molecule has 0 N–H and O–H groups in total. The van der Waals surface area contributed by atoms with Crippen LogP contribution in [0.25, 0.3) is 0 Å². The van der Waals surface area contributed by atoms with E-state index < -0.39 is 0 Å². The van der Waals surface area contributed by atoms with Gasteiger partial charge in [-0.05, 0) is 48.2 Å². The van der Waals surface area contributed by atoms with Crippen LogP contribution in [0.15, 0.2) is 34.8 Å². The Bertz CT molecular complexity index is 615. The SMILES string of the molecule is Cc1ccc(Oc2c(Cl)cc(Br)cc2Cl)cc1C(C)C. The van der Waals surface area contributed by atoms with Crippen LogP contribution < -0.4 is 4.74 Å².